The van der Waals surface area contributed by atoms with Gasteiger partial charge in [0.1, 0.15) is 5.75 Å². The highest BCUT2D eigenvalue weighted by Crippen LogP contribution is 2.35. The number of ether oxygens (including phenoxy) is 1. The van der Waals surface area contributed by atoms with Crippen LogP contribution in [-0.4, -0.2) is 24.0 Å². The van der Waals surface area contributed by atoms with Crippen molar-refractivity contribution in [1.82, 2.24) is 4.90 Å². The summed E-state index contributed by atoms with van der Waals surface area (Å²) in [5.74, 6) is 1.02. The molecular formula is C12H13NO2. The van der Waals surface area contributed by atoms with Crippen molar-refractivity contribution in [2.24, 2.45) is 0 Å². The van der Waals surface area contributed by atoms with Gasteiger partial charge in [-0.3, -0.25) is 4.79 Å². The number of amides is 1. The minimum atomic E-state index is 0.190. The van der Waals surface area contributed by atoms with Crippen molar-refractivity contribution in [2.75, 3.05) is 7.11 Å². The zero-order valence-electron chi connectivity index (χ0n) is 8.69. The van der Waals surface area contributed by atoms with E-state index < -0.39 is 0 Å². The van der Waals surface area contributed by atoms with Crippen LogP contribution in [0.3, 0.4) is 0 Å². The number of carbonyl (C=O) groups is 1. The van der Waals surface area contributed by atoms with Crippen LogP contribution < -0.4 is 4.74 Å². The summed E-state index contributed by atoms with van der Waals surface area (Å²) in [7, 11) is 1.65. The largest absolute Gasteiger partial charge is 0.497 e. The first-order chi connectivity index (χ1) is 7.29. The normalized spacial score (nSPS) is 19.3. The first-order valence-corrected chi connectivity index (χ1v) is 5.27. The van der Waals surface area contributed by atoms with E-state index in [2.05, 4.69) is 0 Å². The first-order valence-electron chi connectivity index (χ1n) is 5.27. The molecule has 15 heavy (non-hydrogen) atoms. The lowest BCUT2D eigenvalue weighted by atomic mass is 10.1. The Morgan fingerprint density at radius 3 is 2.87 bits per heavy atom. The molecule has 0 N–H and O–H groups in total. The first kappa shape index (κ1) is 8.77. The zero-order chi connectivity index (χ0) is 10.4. The number of fused-ring (bicyclic) bond motifs is 1. The van der Waals surface area contributed by atoms with Gasteiger partial charge in [0.2, 0.25) is 0 Å². The van der Waals surface area contributed by atoms with Crippen molar-refractivity contribution in [3.8, 4) is 5.75 Å². The molecule has 78 valence electrons. The van der Waals surface area contributed by atoms with Crippen LogP contribution in [-0.2, 0) is 6.54 Å². The van der Waals surface area contributed by atoms with E-state index in [1.807, 2.05) is 23.1 Å². The van der Waals surface area contributed by atoms with Gasteiger partial charge in [-0.25, -0.2) is 0 Å². The SMILES string of the molecule is COc1ccc2c(c1)CN(C1CC1)C2=O. The van der Waals surface area contributed by atoms with Gasteiger partial charge in [0, 0.05) is 18.2 Å². The molecule has 1 aliphatic heterocycles. The molecule has 3 heteroatoms. The molecule has 1 fully saturated rings. The average Bonchev–Trinajstić information content (AvgIpc) is 3.04. The highest BCUT2D eigenvalue weighted by Gasteiger charge is 2.38. The van der Waals surface area contributed by atoms with Crippen LogP contribution in [0.15, 0.2) is 18.2 Å². The van der Waals surface area contributed by atoms with Gasteiger partial charge in [-0.15, -0.1) is 0 Å². The van der Waals surface area contributed by atoms with Crippen LogP contribution in [0.5, 0.6) is 5.75 Å². The molecule has 3 nitrogen and oxygen atoms in total. The van der Waals surface area contributed by atoms with E-state index in [4.69, 9.17) is 4.74 Å². The van der Waals surface area contributed by atoms with Gasteiger partial charge in [0.25, 0.3) is 5.91 Å². The maximum atomic E-state index is 12.0. The predicted molar refractivity (Wildman–Crippen MR) is 55.9 cm³/mol. The minimum Gasteiger partial charge on any atom is -0.497 e. The van der Waals surface area contributed by atoms with Crippen molar-refractivity contribution in [3.05, 3.63) is 29.3 Å². The van der Waals surface area contributed by atoms with Crippen LogP contribution in [0, 0.1) is 0 Å². The topological polar surface area (TPSA) is 29.5 Å². The third kappa shape index (κ3) is 1.30. The predicted octanol–water partition coefficient (Wildman–Crippen LogP) is 1.81. The van der Waals surface area contributed by atoms with Gasteiger partial charge in [0.05, 0.1) is 7.11 Å². The summed E-state index contributed by atoms with van der Waals surface area (Å²) in [4.78, 5) is 13.9. The van der Waals surface area contributed by atoms with E-state index in [1.165, 1.54) is 0 Å². The summed E-state index contributed by atoms with van der Waals surface area (Å²) in [6, 6.07) is 6.19. The number of benzene rings is 1. The number of hydrogen-bond donors (Lipinski definition) is 0. The molecule has 1 saturated carbocycles. The Morgan fingerprint density at radius 2 is 2.20 bits per heavy atom. The smallest absolute Gasteiger partial charge is 0.254 e. The van der Waals surface area contributed by atoms with Gasteiger partial charge < -0.3 is 9.64 Å². The van der Waals surface area contributed by atoms with Crippen LogP contribution in [0.1, 0.15) is 28.8 Å². The van der Waals surface area contributed by atoms with Crippen molar-refractivity contribution >= 4 is 5.91 Å². The molecule has 1 amide bonds. The maximum absolute atomic E-state index is 12.0. The van der Waals surface area contributed by atoms with E-state index in [1.54, 1.807) is 7.11 Å². The summed E-state index contributed by atoms with van der Waals surface area (Å²) in [5.41, 5.74) is 1.95. The van der Waals surface area contributed by atoms with Crippen molar-refractivity contribution in [3.63, 3.8) is 0 Å². The molecule has 0 unspecified atom stereocenters. The third-order valence-corrected chi connectivity index (χ3v) is 3.13. The molecule has 2 aliphatic rings. The summed E-state index contributed by atoms with van der Waals surface area (Å²) in [5, 5.41) is 0. The zero-order valence-corrected chi connectivity index (χ0v) is 8.69. The fourth-order valence-corrected chi connectivity index (χ4v) is 2.13. The van der Waals surface area contributed by atoms with E-state index in [0.29, 0.717) is 6.04 Å². The van der Waals surface area contributed by atoms with Crippen molar-refractivity contribution in [1.29, 1.82) is 0 Å². The van der Waals surface area contributed by atoms with Gasteiger partial charge in [-0.1, -0.05) is 0 Å². The lowest BCUT2D eigenvalue weighted by Gasteiger charge is -2.13. The minimum absolute atomic E-state index is 0.190. The summed E-state index contributed by atoms with van der Waals surface area (Å²) in [6.07, 6.45) is 2.33. The highest BCUT2D eigenvalue weighted by atomic mass is 16.5. The Bertz CT molecular complexity index is 424. The second-order valence-electron chi connectivity index (χ2n) is 4.19. The summed E-state index contributed by atoms with van der Waals surface area (Å²) in [6.45, 7) is 0.760. The Kier molecular flexibility index (Phi) is 1.75. The Labute approximate surface area is 88.6 Å². The van der Waals surface area contributed by atoms with Gasteiger partial charge in [0.15, 0.2) is 0 Å². The van der Waals surface area contributed by atoms with Crippen LogP contribution in [0.4, 0.5) is 0 Å². The second-order valence-corrected chi connectivity index (χ2v) is 4.19. The summed E-state index contributed by atoms with van der Waals surface area (Å²) >= 11 is 0. The molecule has 1 aliphatic carbocycles. The molecule has 1 aromatic rings. The quantitative estimate of drug-likeness (QED) is 0.733. The number of rotatable bonds is 2. The van der Waals surface area contributed by atoms with E-state index in [9.17, 15) is 4.79 Å². The average molecular weight is 203 g/mol. The monoisotopic (exact) mass is 203 g/mol. The Morgan fingerprint density at radius 1 is 1.40 bits per heavy atom. The molecule has 3 rings (SSSR count). The van der Waals surface area contributed by atoms with E-state index in [0.717, 1.165) is 36.3 Å². The van der Waals surface area contributed by atoms with Crippen molar-refractivity contribution < 1.29 is 9.53 Å². The fraction of sp³-hybridized carbons (Fsp3) is 0.417. The standard InChI is InChI=1S/C12H13NO2/c1-15-10-4-5-11-8(6-10)7-13(12(11)14)9-2-3-9/h4-6,9H,2-3,7H2,1H3. The molecule has 0 saturated heterocycles. The highest BCUT2D eigenvalue weighted by molar-refractivity contribution is 5.98. The molecule has 1 aromatic carbocycles. The molecular weight excluding hydrogens is 190 g/mol. The molecule has 0 aromatic heterocycles. The number of hydrogen-bond acceptors (Lipinski definition) is 2. The van der Waals surface area contributed by atoms with Gasteiger partial charge in [-0.05, 0) is 36.6 Å². The van der Waals surface area contributed by atoms with E-state index in [-0.39, 0.29) is 5.91 Å². The number of carbonyl (C=O) groups excluding carboxylic acids is 1. The number of methoxy groups -OCH3 is 1. The Hall–Kier alpha value is -1.51. The van der Waals surface area contributed by atoms with Crippen LogP contribution >= 0.6 is 0 Å². The van der Waals surface area contributed by atoms with Crippen LogP contribution in [0.2, 0.25) is 0 Å². The molecule has 0 spiro atoms. The molecule has 0 bridgehead atoms. The van der Waals surface area contributed by atoms with Gasteiger partial charge >= 0.3 is 0 Å². The lowest BCUT2D eigenvalue weighted by molar-refractivity contribution is 0.0766. The van der Waals surface area contributed by atoms with Crippen LogP contribution in [0.25, 0.3) is 0 Å². The third-order valence-electron chi connectivity index (χ3n) is 3.13. The Balaban J connectivity index is 1.96. The second kappa shape index (κ2) is 2.99. The lowest BCUT2D eigenvalue weighted by Crippen LogP contribution is -2.25. The van der Waals surface area contributed by atoms with Gasteiger partial charge in [-0.2, -0.15) is 0 Å². The van der Waals surface area contributed by atoms with E-state index >= 15 is 0 Å². The number of nitrogens with zero attached hydrogens (tertiary/aromatic N) is 1. The maximum Gasteiger partial charge on any atom is 0.254 e. The molecule has 0 radical (unpaired) electrons. The molecule has 0 atom stereocenters. The molecule has 1 heterocycles. The summed E-state index contributed by atoms with van der Waals surface area (Å²) < 4.78 is 5.16. The van der Waals surface area contributed by atoms with Crippen molar-refractivity contribution in [2.45, 2.75) is 25.4 Å². The fourth-order valence-electron chi connectivity index (χ4n) is 2.13.